The Kier molecular flexibility index (Phi) is 5.19. The molecule has 0 atom stereocenters. The smallest absolute Gasteiger partial charge is 0.229 e. The highest BCUT2D eigenvalue weighted by atomic mass is 79.9. The quantitative estimate of drug-likeness (QED) is 0.809. The number of halogens is 3. The van der Waals surface area contributed by atoms with Gasteiger partial charge in [0, 0.05) is 23.3 Å². The Morgan fingerprint density at radius 2 is 1.71 bits per heavy atom. The first-order valence-corrected chi connectivity index (χ1v) is 9.78. The lowest BCUT2D eigenvalue weighted by molar-refractivity contribution is 0.526. The monoisotopic (exact) mass is 405 g/mol. The molecule has 0 saturated heterocycles. The molecule has 0 unspecified atom stereocenters. The predicted octanol–water partition coefficient (Wildman–Crippen LogP) is 1.83. The zero-order valence-corrected chi connectivity index (χ0v) is 14.7. The minimum absolute atomic E-state index is 0.287. The van der Waals surface area contributed by atoms with Crippen LogP contribution in [-0.4, -0.2) is 34.4 Å². The standard InChI is InChI=1S/C11H14BrF2NO4S2/c1-11(2,20(3,16)17)6-15-21(18,19)10-8(12)4-7(13)5-9(10)14/h4-5,15H,6H2,1-3H3. The van der Waals surface area contributed by atoms with Gasteiger partial charge >= 0.3 is 0 Å². The summed E-state index contributed by atoms with van der Waals surface area (Å²) in [5, 5.41) is 0. The number of hydrogen-bond acceptors (Lipinski definition) is 4. The average Bonchev–Trinajstić information content (AvgIpc) is 2.23. The molecule has 1 aromatic rings. The van der Waals surface area contributed by atoms with Gasteiger partial charge in [0.15, 0.2) is 9.84 Å². The number of sulfonamides is 1. The molecule has 0 aliphatic rings. The third kappa shape index (κ3) is 4.21. The molecule has 0 aliphatic heterocycles. The molecule has 5 nitrogen and oxygen atoms in total. The highest BCUT2D eigenvalue weighted by Gasteiger charge is 2.33. The number of sulfone groups is 1. The lowest BCUT2D eigenvalue weighted by Crippen LogP contribution is -2.43. The summed E-state index contributed by atoms with van der Waals surface area (Å²) >= 11 is 2.78. The van der Waals surface area contributed by atoms with Gasteiger partial charge in [-0.2, -0.15) is 0 Å². The topological polar surface area (TPSA) is 80.3 Å². The highest BCUT2D eigenvalue weighted by Crippen LogP contribution is 2.26. The molecule has 10 heteroatoms. The van der Waals surface area contributed by atoms with Crippen LogP contribution < -0.4 is 4.72 Å². The molecule has 21 heavy (non-hydrogen) atoms. The summed E-state index contributed by atoms with van der Waals surface area (Å²) in [6.45, 7) is 2.22. The second-order valence-corrected chi connectivity index (χ2v) is 10.3. The maximum atomic E-state index is 13.7. The zero-order valence-electron chi connectivity index (χ0n) is 11.4. The van der Waals surface area contributed by atoms with E-state index < -0.39 is 47.7 Å². The Morgan fingerprint density at radius 3 is 2.14 bits per heavy atom. The van der Waals surface area contributed by atoms with Crippen molar-refractivity contribution < 1.29 is 25.6 Å². The Bertz CT molecular complexity index is 737. The largest absolute Gasteiger partial charge is 0.244 e. The summed E-state index contributed by atoms with van der Waals surface area (Å²) in [6.07, 6.45) is 0.968. The molecule has 1 aromatic carbocycles. The molecule has 0 bridgehead atoms. The first-order valence-electron chi connectivity index (χ1n) is 5.62. The van der Waals surface area contributed by atoms with Gasteiger partial charge in [-0.1, -0.05) is 0 Å². The van der Waals surface area contributed by atoms with Crippen molar-refractivity contribution in [1.82, 2.24) is 4.72 Å². The second kappa shape index (κ2) is 5.90. The van der Waals surface area contributed by atoms with E-state index in [1.54, 1.807) is 0 Å². The normalized spacial score (nSPS) is 13.4. The summed E-state index contributed by atoms with van der Waals surface area (Å²) in [6, 6.07) is 1.24. The van der Waals surface area contributed by atoms with E-state index in [-0.39, 0.29) is 4.47 Å². The average molecular weight is 406 g/mol. The van der Waals surface area contributed by atoms with Crippen molar-refractivity contribution in [2.24, 2.45) is 0 Å². The van der Waals surface area contributed by atoms with Gasteiger partial charge in [-0.25, -0.2) is 30.3 Å². The van der Waals surface area contributed by atoms with Crippen LogP contribution in [0.3, 0.4) is 0 Å². The lowest BCUT2D eigenvalue weighted by Gasteiger charge is -2.22. The molecule has 0 saturated carbocycles. The molecule has 1 rings (SSSR count). The van der Waals surface area contributed by atoms with E-state index in [1.165, 1.54) is 13.8 Å². The van der Waals surface area contributed by atoms with Crippen molar-refractivity contribution >= 4 is 35.8 Å². The van der Waals surface area contributed by atoms with Crippen LogP contribution in [-0.2, 0) is 19.9 Å². The minimum Gasteiger partial charge on any atom is -0.229 e. The summed E-state index contributed by atoms with van der Waals surface area (Å²) in [5.41, 5.74) is 0. The second-order valence-electron chi connectivity index (χ2n) is 5.05. The first kappa shape index (κ1) is 18.5. The summed E-state index contributed by atoms with van der Waals surface area (Å²) in [7, 11) is -7.86. The van der Waals surface area contributed by atoms with E-state index in [0.717, 1.165) is 12.3 Å². The van der Waals surface area contributed by atoms with E-state index in [9.17, 15) is 25.6 Å². The van der Waals surface area contributed by atoms with Gasteiger partial charge < -0.3 is 0 Å². The van der Waals surface area contributed by atoms with Crippen LogP contribution in [0.25, 0.3) is 0 Å². The minimum atomic E-state index is -4.33. The Hall–Kier alpha value is -0.580. The van der Waals surface area contributed by atoms with Crippen LogP contribution in [0, 0.1) is 11.6 Å². The Morgan fingerprint density at radius 1 is 1.19 bits per heavy atom. The number of nitrogens with one attached hydrogen (secondary N) is 1. The third-order valence-electron chi connectivity index (χ3n) is 2.92. The summed E-state index contributed by atoms with van der Waals surface area (Å²) in [4.78, 5) is -0.770. The van der Waals surface area contributed by atoms with Gasteiger partial charge in [-0.05, 0) is 35.8 Å². The van der Waals surface area contributed by atoms with Gasteiger partial charge in [0.25, 0.3) is 0 Å². The van der Waals surface area contributed by atoms with Crippen molar-refractivity contribution in [2.45, 2.75) is 23.5 Å². The fraction of sp³-hybridized carbons (Fsp3) is 0.455. The maximum Gasteiger partial charge on any atom is 0.244 e. The van der Waals surface area contributed by atoms with Gasteiger partial charge in [0.2, 0.25) is 10.0 Å². The SMILES string of the molecule is CC(C)(CNS(=O)(=O)c1c(F)cc(F)cc1Br)S(C)(=O)=O. The Balaban J connectivity index is 3.16. The zero-order chi connectivity index (χ0) is 16.6. The molecule has 0 spiro atoms. The molecule has 120 valence electrons. The predicted molar refractivity (Wildman–Crippen MR) is 78.2 cm³/mol. The van der Waals surface area contributed by atoms with E-state index in [2.05, 4.69) is 15.9 Å². The van der Waals surface area contributed by atoms with Crippen LogP contribution in [0.1, 0.15) is 13.8 Å². The van der Waals surface area contributed by atoms with Crippen LogP contribution in [0.2, 0.25) is 0 Å². The Labute approximate surface area is 130 Å². The van der Waals surface area contributed by atoms with Gasteiger partial charge in [-0.3, -0.25) is 0 Å². The van der Waals surface area contributed by atoms with E-state index in [1.807, 2.05) is 4.72 Å². The molecule has 0 aliphatic carbocycles. The van der Waals surface area contributed by atoms with Gasteiger partial charge in [0.05, 0.1) is 4.75 Å². The fourth-order valence-corrected chi connectivity index (χ4v) is 4.06. The molecule has 0 amide bonds. The fourth-order valence-electron chi connectivity index (χ4n) is 1.26. The van der Waals surface area contributed by atoms with Crippen LogP contribution >= 0.6 is 15.9 Å². The van der Waals surface area contributed by atoms with Crippen LogP contribution in [0.5, 0.6) is 0 Å². The lowest BCUT2D eigenvalue weighted by atomic mass is 10.2. The molecule has 0 fully saturated rings. The van der Waals surface area contributed by atoms with Gasteiger partial charge in [0.1, 0.15) is 16.5 Å². The van der Waals surface area contributed by atoms with Gasteiger partial charge in [-0.15, -0.1) is 0 Å². The summed E-state index contributed by atoms with van der Waals surface area (Å²) in [5.74, 6) is -2.21. The van der Waals surface area contributed by atoms with Crippen molar-refractivity contribution in [3.63, 3.8) is 0 Å². The number of rotatable bonds is 5. The van der Waals surface area contributed by atoms with Crippen molar-refractivity contribution in [3.8, 4) is 0 Å². The van der Waals surface area contributed by atoms with E-state index in [0.29, 0.717) is 6.07 Å². The van der Waals surface area contributed by atoms with Crippen molar-refractivity contribution in [1.29, 1.82) is 0 Å². The van der Waals surface area contributed by atoms with Crippen molar-refractivity contribution in [3.05, 3.63) is 28.2 Å². The molecule has 0 heterocycles. The van der Waals surface area contributed by atoms with Crippen molar-refractivity contribution in [2.75, 3.05) is 12.8 Å². The van der Waals surface area contributed by atoms with Crippen LogP contribution in [0.15, 0.2) is 21.5 Å². The van der Waals surface area contributed by atoms with E-state index >= 15 is 0 Å². The first-order chi connectivity index (χ1) is 9.28. The molecular formula is C11H14BrF2NO4S2. The molecule has 0 radical (unpaired) electrons. The number of benzene rings is 1. The maximum absolute atomic E-state index is 13.7. The highest BCUT2D eigenvalue weighted by molar-refractivity contribution is 9.10. The van der Waals surface area contributed by atoms with E-state index in [4.69, 9.17) is 0 Å². The summed E-state index contributed by atoms with van der Waals surface area (Å²) < 4.78 is 74.1. The molecule has 1 N–H and O–H groups in total. The molecule has 0 aromatic heterocycles. The number of hydrogen-bond donors (Lipinski definition) is 1. The molecular weight excluding hydrogens is 392 g/mol. The third-order valence-corrected chi connectivity index (χ3v) is 7.44. The van der Waals surface area contributed by atoms with Crippen LogP contribution in [0.4, 0.5) is 8.78 Å².